The highest BCUT2D eigenvalue weighted by molar-refractivity contribution is 7.89. The van der Waals surface area contributed by atoms with E-state index in [1.165, 1.54) is 19.2 Å². The smallest absolute Gasteiger partial charge is 0.240 e. The summed E-state index contributed by atoms with van der Waals surface area (Å²) in [5.74, 6) is 1.88. The van der Waals surface area contributed by atoms with Crippen LogP contribution in [-0.2, 0) is 14.8 Å². The zero-order valence-corrected chi connectivity index (χ0v) is 22.2. The minimum atomic E-state index is -3.56. The molecule has 3 heterocycles. The molecule has 0 saturated carbocycles. The summed E-state index contributed by atoms with van der Waals surface area (Å²) in [6.07, 6.45) is 1.76. The van der Waals surface area contributed by atoms with Crippen LogP contribution >= 0.6 is 0 Å². The molecule has 1 aromatic heterocycles. The summed E-state index contributed by atoms with van der Waals surface area (Å²) in [6, 6.07) is 7.94. The molecule has 2 unspecified atom stereocenters. The van der Waals surface area contributed by atoms with Gasteiger partial charge in [-0.1, -0.05) is 6.07 Å². The number of hydrogen-bond acceptors (Lipinski definition) is 11. The van der Waals surface area contributed by atoms with Gasteiger partial charge in [-0.15, -0.1) is 0 Å². The summed E-state index contributed by atoms with van der Waals surface area (Å²) in [5, 5.41) is 13.8. The van der Waals surface area contributed by atoms with Crippen LogP contribution in [-0.4, -0.2) is 95.4 Å². The number of piperidine rings is 1. The van der Waals surface area contributed by atoms with E-state index in [1.54, 1.807) is 32.4 Å². The second-order valence-corrected chi connectivity index (χ2v) is 11.1. The van der Waals surface area contributed by atoms with Crippen molar-refractivity contribution in [1.29, 1.82) is 0 Å². The molecule has 204 valence electrons. The molecular weight excluding hydrogens is 502 g/mol. The molecule has 4 rings (SSSR count). The van der Waals surface area contributed by atoms with Crippen LogP contribution in [0.15, 0.2) is 35.2 Å². The standard InChI is InChI=1S/C24H35N5O7S/c1-25-37(31,32)20-6-4-5-19(11-20)35-16-18(30)14-26-17-13-24(36-15-17)7-9-29(10-8-24)23-27-21(33-2)12-22(28-23)34-3/h4-6,11-12,17-18,25-26,30H,7-10,13-16H2,1-3H3. The van der Waals surface area contributed by atoms with Gasteiger partial charge in [-0.2, -0.15) is 9.97 Å². The zero-order chi connectivity index (χ0) is 26.5. The van der Waals surface area contributed by atoms with Gasteiger partial charge in [0.25, 0.3) is 0 Å². The van der Waals surface area contributed by atoms with Gasteiger partial charge in [-0.05, 0) is 38.4 Å². The van der Waals surface area contributed by atoms with Crippen LogP contribution in [0.25, 0.3) is 0 Å². The van der Waals surface area contributed by atoms with E-state index < -0.39 is 16.1 Å². The number of methoxy groups -OCH3 is 2. The van der Waals surface area contributed by atoms with Gasteiger partial charge in [0, 0.05) is 31.7 Å². The molecule has 12 nitrogen and oxygen atoms in total. The molecule has 0 radical (unpaired) electrons. The molecule has 1 spiro atoms. The molecule has 2 saturated heterocycles. The van der Waals surface area contributed by atoms with E-state index in [9.17, 15) is 13.5 Å². The molecule has 1 aromatic carbocycles. The lowest BCUT2D eigenvalue weighted by Crippen LogP contribution is -2.45. The first-order chi connectivity index (χ1) is 17.8. The number of anilines is 1. The maximum atomic E-state index is 12.0. The van der Waals surface area contributed by atoms with E-state index in [0.717, 1.165) is 32.4 Å². The summed E-state index contributed by atoms with van der Waals surface area (Å²) >= 11 is 0. The molecule has 2 atom stereocenters. The maximum Gasteiger partial charge on any atom is 0.240 e. The third-order valence-electron chi connectivity index (χ3n) is 6.72. The van der Waals surface area contributed by atoms with E-state index in [1.807, 2.05) is 0 Å². The number of benzene rings is 1. The van der Waals surface area contributed by atoms with E-state index >= 15 is 0 Å². The van der Waals surface area contributed by atoms with Crippen molar-refractivity contribution >= 4 is 16.0 Å². The number of sulfonamides is 1. The summed E-state index contributed by atoms with van der Waals surface area (Å²) in [5.41, 5.74) is -0.210. The lowest BCUT2D eigenvalue weighted by molar-refractivity contribution is -0.0152. The number of hydrogen-bond donors (Lipinski definition) is 3. The van der Waals surface area contributed by atoms with Gasteiger partial charge in [0.2, 0.25) is 27.7 Å². The molecule has 0 amide bonds. The summed E-state index contributed by atoms with van der Waals surface area (Å²) < 4.78 is 48.5. The topological polar surface area (TPSA) is 144 Å². The van der Waals surface area contributed by atoms with Gasteiger partial charge >= 0.3 is 0 Å². The predicted octanol–water partition coefficient (Wildman–Crippen LogP) is 0.559. The predicted molar refractivity (Wildman–Crippen MR) is 136 cm³/mol. The number of rotatable bonds is 11. The summed E-state index contributed by atoms with van der Waals surface area (Å²) in [7, 11) is 0.921. The fourth-order valence-electron chi connectivity index (χ4n) is 4.58. The van der Waals surface area contributed by atoms with Gasteiger partial charge in [0.15, 0.2) is 0 Å². The molecular formula is C24H35N5O7S. The molecule has 37 heavy (non-hydrogen) atoms. The van der Waals surface area contributed by atoms with Crippen LogP contribution in [0.2, 0.25) is 0 Å². The van der Waals surface area contributed by atoms with Crippen LogP contribution in [0.3, 0.4) is 0 Å². The van der Waals surface area contributed by atoms with Crippen molar-refractivity contribution in [2.75, 3.05) is 59.0 Å². The normalized spacial score (nSPS) is 20.1. The number of aliphatic hydroxyl groups excluding tert-OH is 1. The SMILES string of the molecule is CNS(=O)(=O)c1cccc(OCC(O)CNC2COC3(CCN(c4nc(OC)cc(OC)n4)CC3)C2)c1. The van der Waals surface area contributed by atoms with Crippen LogP contribution in [0.1, 0.15) is 19.3 Å². The van der Waals surface area contributed by atoms with Gasteiger partial charge in [0.1, 0.15) is 18.5 Å². The van der Waals surface area contributed by atoms with Crippen molar-refractivity contribution < 1.29 is 32.5 Å². The van der Waals surface area contributed by atoms with Crippen molar-refractivity contribution in [1.82, 2.24) is 20.0 Å². The Hall–Kier alpha value is -2.71. The third-order valence-corrected chi connectivity index (χ3v) is 8.13. The Morgan fingerprint density at radius 1 is 1.19 bits per heavy atom. The molecule has 2 aliphatic rings. The first kappa shape index (κ1) is 27.3. The first-order valence-electron chi connectivity index (χ1n) is 12.2. The van der Waals surface area contributed by atoms with E-state index in [4.69, 9.17) is 18.9 Å². The fraction of sp³-hybridized carbons (Fsp3) is 0.583. The molecule has 2 aromatic rings. The van der Waals surface area contributed by atoms with E-state index in [2.05, 4.69) is 24.9 Å². The molecule has 13 heteroatoms. The fourth-order valence-corrected chi connectivity index (χ4v) is 5.35. The Morgan fingerprint density at radius 2 is 1.89 bits per heavy atom. The van der Waals surface area contributed by atoms with Crippen molar-refractivity contribution in [3.05, 3.63) is 30.3 Å². The second-order valence-electron chi connectivity index (χ2n) is 9.19. The van der Waals surface area contributed by atoms with Crippen LogP contribution in [0, 0.1) is 0 Å². The first-order valence-corrected chi connectivity index (χ1v) is 13.7. The molecule has 0 aliphatic carbocycles. The molecule has 2 aliphatic heterocycles. The number of aromatic nitrogens is 2. The van der Waals surface area contributed by atoms with Gasteiger partial charge in [-0.3, -0.25) is 0 Å². The van der Waals surface area contributed by atoms with Gasteiger partial charge in [0.05, 0.1) is 37.4 Å². The molecule has 3 N–H and O–H groups in total. The van der Waals surface area contributed by atoms with Gasteiger partial charge in [-0.25, -0.2) is 13.1 Å². The third kappa shape index (κ3) is 6.79. The van der Waals surface area contributed by atoms with Crippen molar-refractivity contribution in [3.63, 3.8) is 0 Å². The van der Waals surface area contributed by atoms with Gasteiger partial charge < -0.3 is 34.3 Å². The Balaban J connectivity index is 1.22. The van der Waals surface area contributed by atoms with Crippen LogP contribution in [0.4, 0.5) is 5.95 Å². The number of aliphatic hydroxyl groups is 1. The Kier molecular flexibility index (Phi) is 8.70. The zero-order valence-electron chi connectivity index (χ0n) is 21.3. The average Bonchev–Trinajstić information content (AvgIpc) is 3.33. The Labute approximate surface area is 217 Å². The Morgan fingerprint density at radius 3 is 2.54 bits per heavy atom. The second kappa shape index (κ2) is 11.8. The minimum Gasteiger partial charge on any atom is -0.491 e. The molecule has 0 bridgehead atoms. The van der Waals surface area contributed by atoms with Crippen molar-refractivity contribution in [2.24, 2.45) is 0 Å². The van der Waals surface area contributed by atoms with Crippen LogP contribution < -0.4 is 29.1 Å². The monoisotopic (exact) mass is 537 g/mol. The number of nitrogens with one attached hydrogen (secondary N) is 2. The lowest BCUT2D eigenvalue weighted by atomic mass is 9.87. The average molecular weight is 538 g/mol. The quantitative estimate of drug-likeness (QED) is 0.370. The number of ether oxygens (including phenoxy) is 4. The highest BCUT2D eigenvalue weighted by Gasteiger charge is 2.43. The molecule has 2 fully saturated rings. The maximum absolute atomic E-state index is 12.0. The van der Waals surface area contributed by atoms with Crippen LogP contribution in [0.5, 0.6) is 17.5 Å². The van der Waals surface area contributed by atoms with Crippen molar-refractivity contribution in [2.45, 2.75) is 41.9 Å². The summed E-state index contributed by atoms with van der Waals surface area (Å²) in [4.78, 5) is 11.1. The minimum absolute atomic E-state index is 0.0355. The van der Waals surface area contributed by atoms with Crippen molar-refractivity contribution in [3.8, 4) is 17.5 Å². The number of nitrogens with zero attached hydrogens (tertiary/aromatic N) is 3. The highest BCUT2D eigenvalue weighted by atomic mass is 32.2. The summed E-state index contributed by atoms with van der Waals surface area (Å²) in [6.45, 7) is 2.45. The highest BCUT2D eigenvalue weighted by Crippen LogP contribution is 2.37. The largest absolute Gasteiger partial charge is 0.491 e. The van der Waals surface area contributed by atoms with E-state index in [0.29, 0.717) is 36.6 Å². The lowest BCUT2D eigenvalue weighted by Gasteiger charge is -2.38. The van der Waals surface area contributed by atoms with E-state index in [-0.39, 0.29) is 23.1 Å². The Bertz CT molecular complexity index is 1140.